The van der Waals surface area contributed by atoms with Crippen molar-refractivity contribution in [1.29, 1.82) is 0 Å². The van der Waals surface area contributed by atoms with Crippen molar-refractivity contribution in [3.8, 4) is 0 Å². The second kappa shape index (κ2) is 10.5. The van der Waals surface area contributed by atoms with Crippen molar-refractivity contribution in [1.82, 2.24) is 9.97 Å². The Hall–Kier alpha value is -3.13. The quantitative estimate of drug-likeness (QED) is 0.276. The van der Waals surface area contributed by atoms with Crippen molar-refractivity contribution in [2.24, 2.45) is 15.8 Å². The lowest BCUT2D eigenvalue weighted by atomic mass is 9.57. The van der Waals surface area contributed by atoms with Crippen molar-refractivity contribution < 1.29 is 14.7 Å². The number of Topliss-reactive ketones (excluding diaryl/α,β-unsaturated/α-hetero) is 1. The number of alkyl halides is 1. The predicted octanol–water partition coefficient (Wildman–Crippen LogP) is 6.91. The first kappa shape index (κ1) is 27.4. The number of carboxylic acid groups (broad SMARTS) is 1. The number of hydrogen-bond acceptors (Lipinski definition) is 6. The molecule has 5 rings (SSSR count). The average Bonchev–Trinajstić information content (AvgIpc) is 2.96. The molecule has 2 aliphatic carbocycles. The number of carboxylic acids is 1. The second-order valence-electron chi connectivity index (χ2n) is 11.5. The summed E-state index contributed by atoms with van der Waals surface area (Å²) in [6.45, 7) is 5.95. The lowest BCUT2D eigenvalue weighted by Gasteiger charge is -2.50. The van der Waals surface area contributed by atoms with E-state index in [4.69, 9.17) is 4.99 Å². The summed E-state index contributed by atoms with van der Waals surface area (Å²) in [5.41, 5.74) is -0.224. The molecule has 2 heterocycles. The van der Waals surface area contributed by atoms with E-state index in [1.54, 1.807) is 18.6 Å². The third-order valence-electron chi connectivity index (χ3n) is 9.05. The van der Waals surface area contributed by atoms with E-state index in [1.165, 1.54) is 0 Å². The zero-order valence-corrected chi connectivity index (χ0v) is 24.3. The summed E-state index contributed by atoms with van der Waals surface area (Å²) in [4.78, 5) is 39.5. The fourth-order valence-electron chi connectivity index (χ4n) is 6.07. The highest BCUT2D eigenvalue weighted by Crippen LogP contribution is 2.52. The number of fused-ring (bicyclic) bond motifs is 1. The Morgan fingerprint density at radius 2 is 1.82 bits per heavy atom. The zero-order chi connectivity index (χ0) is 27.8. The first-order valence-electron chi connectivity index (χ1n) is 13.7. The number of aliphatic imine (C=N–C) groups is 1. The van der Waals surface area contributed by atoms with Gasteiger partial charge in [0.1, 0.15) is 10.6 Å². The molecule has 0 bridgehead atoms. The largest absolute Gasteiger partial charge is 0.479 e. The molecule has 0 amide bonds. The molecular weight excluding hydrogens is 556 g/mol. The van der Waals surface area contributed by atoms with Crippen molar-refractivity contribution in [3.05, 3.63) is 60.6 Å². The normalized spacial score (nSPS) is 21.5. The van der Waals surface area contributed by atoms with E-state index >= 15 is 0 Å². The number of nitrogens with zero attached hydrogens (tertiary/aromatic N) is 3. The Morgan fingerprint density at radius 1 is 1.13 bits per heavy atom. The highest BCUT2D eigenvalue weighted by atomic mass is 79.9. The van der Waals surface area contributed by atoms with Crippen molar-refractivity contribution in [2.75, 3.05) is 5.32 Å². The van der Waals surface area contributed by atoms with Crippen LogP contribution in [0.5, 0.6) is 0 Å². The number of rotatable bonds is 8. The second-order valence-corrected chi connectivity index (χ2v) is 12.4. The summed E-state index contributed by atoms with van der Waals surface area (Å²) in [7, 11) is 0. The van der Waals surface area contributed by atoms with Gasteiger partial charge in [-0.15, -0.1) is 0 Å². The number of anilines is 2. The van der Waals surface area contributed by atoms with E-state index in [0.717, 1.165) is 59.8 Å². The number of carbonyl (C=O) groups excluding carboxylic acids is 1. The van der Waals surface area contributed by atoms with Gasteiger partial charge in [-0.1, -0.05) is 68.1 Å². The van der Waals surface area contributed by atoms with Gasteiger partial charge in [0, 0.05) is 47.2 Å². The Kier molecular flexibility index (Phi) is 7.35. The molecule has 7 nitrogen and oxygen atoms in total. The summed E-state index contributed by atoms with van der Waals surface area (Å²) in [6.07, 6.45) is 10.7. The molecule has 2 fully saturated rings. The molecule has 2 N–H and O–H groups in total. The molecule has 204 valence electrons. The molecule has 2 aromatic heterocycles. The molecule has 39 heavy (non-hydrogen) atoms. The highest BCUT2D eigenvalue weighted by Gasteiger charge is 2.61. The molecule has 2 aliphatic rings. The molecule has 0 aliphatic heterocycles. The summed E-state index contributed by atoms with van der Waals surface area (Å²) >= 11 is 3.54. The first-order valence-corrected chi connectivity index (χ1v) is 14.6. The van der Waals surface area contributed by atoms with Crippen molar-refractivity contribution in [2.45, 2.75) is 76.1 Å². The van der Waals surface area contributed by atoms with Gasteiger partial charge in [-0.3, -0.25) is 14.8 Å². The van der Waals surface area contributed by atoms with Crippen molar-refractivity contribution >= 4 is 55.7 Å². The van der Waals surface area contributed by atoms with Crippen LogP contribution in [-0.4, -0.2) is 42.9 Å². The maximum atomic E-state index is 13.2. The summed E-state index contributed by atoms with van der Waals surface area (Å²) in [6, 6.07) is 11.7. The fraction of sp³-hybridized carbons (Fsp3) is 0.452. The summed E-state index contributed by atoms with van der Waals surface area (Å²) in [5, 5.41) is 16.1. The molecule has 8 heteroatoms. The van der Waals surface area contributed by atoms with E-state index in [-0.39, 0.29) is 12.2 Å². The smallest absolute Gasteiger partial charge is 0.332 e. The third-order valence-corrected chi connectivity index (χ3v) is 9.90. The van der Waals surface area contributed by atoms with E-state index in [2.05, 4.69) is 31.2 Å². The SMILES string of the molecule is CCC(C)(C)[C@](Cc1ccc(Nc2nccc3ccncc23)cc1)(N=C1C(Br)C(=O)C12CCCCC2)C(=O)O. The van der Waals surface area contributed by atoms with E-state index in [0.29, 0.717) is 12.2 Å². The van der Waals surface area contributed by atoms with Crippen LogP contribution in [0.1, 0.15) is 64.9 Å². The minimum absolute atomic E-state index is 0.155. The van der Waals surface area contributed by atoms with Gasteiger partial charge in [0.25, 0.3) is 0 Å². The van der Waals surface area contributed by atoms with E-state index in [9.17, 15) is 14.7 Å². The molecule has 1 unspecified atom stereocenters. The Labute approximate surface area is 237 Å². The monoisotopic (exact) mass is 590 g/mol. The van der Waals surface area contributed by atoms with Gasteiger partial charge >= 0.3 is 5.97 Å². The van der Waals surface area contributed by atoms with Crippen LogP contribution in [0, 0.1) is 10.8 Å². The van der Waals surface area contributed by atoms with Crippen molar-refractivity contribution in [3.63, 3.8) is 0 Å². The van der Waals surface area contributed by atoms with Crippen LogP contribution in [0.4, 0.5) is 11.5 Å². The standard InChI is InChI=1S/C31H35BrN4O3/c1-4-29(2,3)31(28(38)39,36-25-24(32)26(37)30(25)14-6-5-7-15-30)18-20-8-10-22(11-9-20)35-27-23-19-33-16-12-21(23)13-17-34-27/h8-13,16-17,19,24H,4-7,14-15,18H2,1-3H3,(H,34,35)(H,38,39)/t24?,31-/m1/s1. The number of aliphatic carboxylic acids is 1. The van der Waals surface area contributed by atoms with Gasteiger partial charge in [0.05, 0.1) is 5.41 Å². The van der Waals surface area contributed by atoms with Gasteiger partial charge in [-0.2, -0.15) is 0 Å². The van der Waals surface area contributed by atoms with Crippen LogP contribution in [0.15, 0.2) is 60.0 Å². The van der Waals surface area contributed by atoms with Gasteiger partial charge in [-0.25, -0.2) is 9.78 Å². The van der Waals surface area contributed by atoms with Crippen LogP contribution < -0.4 is 5.32 Å². The maximum absolute atomic E-state index is 13.2. The molecule has 0 radical (unpaired) electrons. The van der Waals surface area contributed by atoms with Gasteiger partial charge in [0.15, 0.2) is 11.3 Å². The molecule has 0 saturated heterocycles. The van der Waals surface area contributed by atoms with E-state index < -0.39 is 27.2 Å². The van der Waals surface area contributed by atoms with Crippen LogP contribution in [-0.2, 0) is 16.0 Å². The minimum atomic E-state index is -1.41. The van der Waals surface area contributed by atoms with Crippen LogP contribution in [0.25, 0.3) is 10.8 Å². The molecule has 2 saturated carbocycles. The fourth-order valence-corrected chi connectivity index (χ4v) is 7.05. The number of hydrogen-bond donors (Lipinski definition) is 2. The number of carbonyl (C=O) groups is 2. The van der Waals surface area contributed by atoms with Gasteiger partial charge in [0.2, 0.25) is 0 Å². The number of pyridine rings is 2. The topological polar surface area (TPSA) is 105 Å². The first-order chi connectivity index (χ1) is 18.6. The molecule has 1 aromatic carbocycles. The highest BCUT2D eigenvalue weighted by molar-refractivity contribution is 9.10. The summed E-state index contributed by atoms with van der Waals surface area (Å²) < 4.78 is 0. The molecular formula is C31H35BrN4O3. The third kappa shape index (κ3) is 4.66. The maximum Gasteiger partial charge on any atom is 0.332 e. The Morgan fingerprint density at radius 3 is 2.49 bits per heavy atom. The summed E-state index contributed by atoms with van der Waals surface area (Å²) in [5.74, 6) is -0.0914. The number of benzene rings is 1. The number of nitrogens with one attached hydrogen (secondary N) is 1. The number of ketones is 1. The predicted molar refractivity (Wildman–Crippen MR) is 158 cm³/mol. The molecule has 3 aromatic rings. The Bertz CT molecular complexity index is 1420. The minimum Gasteiger partial charge on any atom is -0.479 e. The van der Waals surface area contributed by atoms with Crippen LogP contribution in [0.3, 0.4) is 0 Å². The van der Waals surface area contributed by atoms with Crippen LogP contribution in [0.2, 0.25) is 0 Å². The number of aromatic nitrogens is 2. The van der Waals surface area contributed by atoms with E-state index in [1.807, 2.05) is 57.2 Å². The lowest BCUT2D eigenvalue weighted by molar-refractivity contribution is -0.148. The zero-order valence-electron chi connectivity index (χ0n) is 22.7. The lowest BCUT2D eigenvalue weighted by Crippen LogP contribution is -2.63. The molecule has 2 atom stereocenters. The molecule has 1 spiro atoms. The average molecular weight is 592 g/mol. The number of halogens is 1. The van der Waals surface area contributed by atoms with Gasteiger partial charge in [-0.05, 0) is 54.5 Å². The Balaban J connectivity index is 1.48. The van der Waals surface area contributed by atoms with Crippen LogP contribution >= 0.6 is 15.9 Å². The van der Waals surface area contributed by atoms with Gasteiger partial charge < -0.3 is 10.4 Å².